The van der Waals surface area contributed by atoms with Crippen LogP contribution in [-0.4, -0.2) is 31.6 Å². The first-order valence-electron chi connectivity index (χ1n) is 8.45. The van der Waals surface area contributed by atoms with Crippen LogP contribution in [-0.2, 0) is 20.7 Å². The highest BCUT2D eigenvalue weighted by Crippen LogP contribution is 2.13. The van der Waals surface area contributed by atoms with E-state index in [0.717, 1.165) is 16.9 Å². The molecule has 0 saturated carbocycles. The third-order valence-electron chi connectivity index (χ3n) is 3.70. The van der Waals surface area contributed by atoms with Crippen molar-refractivity contribution in [3.8, 4) is 5.75 Å². The second kappa shape index (κ2) is 10.0. The van der Waals surface area contributed by atoms with Crippen LogP contribution in [0.15, 0.2) is 60.7 Å². The molecule has 5 heteroatoms. The van der Waals surface area contributed by atoms with Gasteiger partial charge < -0.3 is 14.8 Å². The Morgan fingerprint density at radius 3 is 2.38 bits per heavy atom. The number of methoxy groups -OCH3 is 1. The van der Waals surface area contributed by atoms with Crippen LogP contribution >= 0.6 is 0 Å². The molecule has 136 valence electrons. The summed E-state index contributed by atoms with van der Waals surface area (Å²) < 4.78 is 10.2. The fraction of sp³-hybridized carbons (Fsp3) is 0.238. The zero-order valence-electron chi connectivity index (χ0n) is 15.0. The Kier molecular flexibility index (Phi) is 7.43. The van der Waals surface area contributed by atoms with Gasteiger partial charge in [0.2, 0.25) is 5.91 Å². The molecule has 0 fully saturated rings. The monoisotopic (exact) mass is 353 g/mol. The Morgan fingerprint density at radius 1 is 1.08 bits per heavy atom. The largest absolute Gasteiger partial charge is 0.494 e. The van der Waals surface area contributed by atoms with Crippen molar-refractivity contribution in [3.63, 3.8) is 0 Å². The van der Waals surface area contributed by atoms with E-state index in [0.29, 0.717) is 13.0 Å². The molecule has 2 rings (SSSR count). The lowest BCUT2D eigenvalue weighted by Crippen LogP contribution is -2.42. The van der Waals surface area contributed by atoms with E-state index in [9.17, 15) is 9.59 Å². The van der Waals surface area contributed by atoms with Gasteiger partial charge in [-0.05, 0) is 36.3 Å². The molecule has 1 N–H and O–H groups in total. The van der Waals surface area contributed by atoms with Crippen molar-refractivity contribution in [2.45, 2.75) is 19.4 Å². The number of esters is 1. The topological polar surface area (TPSA) is 64.6 Å². The average Bonchev–Trinajstić information content (AvgIpc) is 2.67. The number of benzene rings is 2. The molecule has 0 aliphatic carbocycles. The van der Waals surface area contributed by atoms with Crippen molar-refractivity contribution >= 4 is 18.0 Å². The van der Waals surface area contributed by atoms with E-state index in [-0.39, 0.29) is 5.91 Å². The van der Waals surface area contributed by atoms with Crippen molar-refractivity contribution in [1.29, 1.82) is 0 Å². The van der Waals surface area contributed by atoms with Gasteiger partial charge in [0.15, 0.2) is 0 Å². The standard InChI is InChI=1S/C21H23NO4/c1-3-26-18-12-9-16(10-13-18)11-14-20(23)22-19(21(24)25-2)15-17-7-5-4-6-8-17/h4-14,19H,3,15H2,1-2H3,(H,22,23)/b14-11+/t19-/m0/s1. The van der Waals surface area contributed by atoms with Crippen LogP contribution < -0.4 is 10.1 Å². The summed E-state index contributed by atoms with van der Waals surface area (Å²) in [5.41, 5.74) is 1.81. The Morgan fingerprint density at radius 2 is 1.77 bits per heavy atom. The highest BCUT2D eigenvalue weighted by molar-refractivity contribution is 5.94. The van der Waals surface area contributed by atoms with E-state index >= 15 is 0 Å². The van der Waals surface area contributed by atoms with Gasteiger partial charge in [0.05, 0.1) is 13.7 Å². The molecule has 1 amide bonds. The van der Waals surface area contributed by atoms with Gasteiger partial charge in [-0.1, -0.05) is 42.5 Å². The SMILES string of the molecule is CCOc1ccc(/C=C/C(=O)N[C@@H](Cc2ccccc2)C(=O)OC)cc1. The predicted molar refractivity (Wildman–Crippen MR) is 101 cm³/mol. The van der Waals surface area contributed by atoms with Gasteiger partial charge in [-0.3, -0.25) is 4.79 Å². The normalized spacial score (nSPS) is 11.8. The number of ether oxygens (including phenoxy) is 2. The van der Waals surface area contributed by atoms with Crippen molar-refractivity contribution in [3.05, 3.63) is 71.8 Å². The Bertz CT molecular complexity index is 738. The van der Waals surface area contributed by atoms with Crippen LogP contribution in [0.4, 0.5) is 0 Å². The number of carbonyl (C=O) groups excluding carboxylic acids is 2. The summed E-state index contributed by atoms with van der Waals surface area (Å²) in [4.78, 5) is 24.1. The minimum atomic E-state index is -0.736. The Hall–Kier alpha value is -3.08. The fourth-order valence-corrected chi connectivity index (χ4v) is 2.42. The van der Waals surface area contributed by atoms with E-state index in [4.69, 9.17) is 9.47 Å². The molecule has 0 heterocycles. The molecule has 0 bridgehead atoms. The molecule has 0 aromatic heterocycles. The first-order valence-corrected chi connectivity index (χ1v) is 8.45. The third-order valence-corrected chi connectivity index (χ3v) is 3.70. The third kappa shape index (κ3) is 6.09. The smallest absolute Gasteiger partial charge is 0.328 e. The molecule has 0 spiro atoms. The summed E-state index contributed by atoms with van der Waals surface area (Å²) in [6.07, 6.45) is 3.45. The lowest BCUT2D eigenvalue weighted by Gasteiger charge is -2.15. The van der Waals surface area contributed by atoms with Gasteiger partial charge in [0.1, 0.15) is 11.8 Å². The average molecular weight is 353 g/mol. The lowest BCUT2D eigenvalue weighted by molar-refractivity contribution is -0.144. The van der Waals surface area contributed by atoms with Crippen LogP contribution in [0.2, 0.25) is 0 Å². The molecule has 5 nitrogen and oxygen atoms in total. The molecular formula is C21H23NO4. The molecule has 2 aromatic carbocycles. The maximum atomic E-state index is 12.2. The summed E-state index contributed by atoms with van der Waals surface area (Å²) in [7, 11) is 1.31. The second-order valence-corrected chi connectivity index (χ2v) is 5.61. The van der Waals surface area contributed by atoms with E-state index in [2.05, 4.69) is 5.32 Å². The van der Waals surface area contributed by atoms with Crippen LogP contribution in [0.1, 0.15) is 18.1 Å². The molecule has 0 aliphatic heterocycles. The summed E-state index contributed by atoms with van der Waals surface area (Å²) in [6, 6.07) is 16.1. The number of hydrogen-bond donors (Lipinski definition) is 1. The van der Waals surface area contributed by atoms with Gasteiger partial charge in [-0.25, -0.2) is 4.79 Å². The number of carbonyl (C=O) groups is 2. The highest BCUT2D eigenvalue weighted by Gasteiger charge is 2.20. The van der Waals surface area contributed by atoms with Crippen molar-refractivity contribution in [2.75, 3.05) is 13.7 Å². The molecule has 26 heavy (non-hydrogen) atoms. The van der Waals surface area contributed by atoms with Crippen molar-refractivity contribution < 1.29 is 19.1 Å². The van der Waals surface area contributed by atoms with E-state index in [1.54, 1.807) is 6.08 Å². The molecular weight excluding hydrogens is 330 g/mol. The van der Waals surface area contributed by atoms with E-state index in [1.165, 1.54) is 13.2 Å². The Labute approximate surface area is 153 Å². The lowest BCUT2D eigenvalue weighted by atomic mass is 10.1. The zero-order chi connectivity index (χ0) is 18.8. The molecule has 2 aromatic rings. The molecule has 0 aliphatic rings. The minimum Gasteiger partial charge on any atom is -0.494 e. The fourth-order valence-electron chi connectivity index (χ4n) is 2.42. The van der Waals surface area contributed by atoms with Gasteiger partial charge in [0.25, 0.3) is 0 Å². The maximum absolute atomic E-state index is 12.2. The summed E-state index contributed by atoms with van der Waals surface area (Å²) in [5, 5.41) is 2.69. The van der Waals surface area contributed by atoms with Crippen molar-refractivity contribution in [2.24, 2.45) is 0 Å². The molecule has 1 atom stereocenters. The molecule has 0 unspecified atom stereocenters. The zero-order valence-corrected chi connectivity index (χ0v) is 15.0. The quantitative estimate of drug-likeness (QED) is 0.585. The Balaban J connectivity index is 1.98. The van der Waals surface area contributed by atoms with Crippen LogP contribution in [0.5, 0.6) is 5.75 Å². The second-order valence-electron chi connectivity index (χ2n) is 5.61. The van der Waals surface area contributed by atoms with Crippen LogP contribution in [0.3, 0.4) is 0 Å². The van der Waals surface area contributed by atoms with Gasteiger partial charge in [0, 0.05) is 12.5 Å². The number of rotatable bonds is 8. The maximum Gasteiger partial charge on any atom is 0.328 e. The summed E-state index contributed by atoms with van der Waals surface area (Å²) in [6.45, 7) is 2.53. The van der Waals surface area contributed by atoms with Crippen molar-refractivity contribution in [1.82, 2.24) is 5.32 Å². The highest BCUT2D eigenvalue weighted by atomic mass is 16.5. The minimum absolute atomic E-state index is 0.356. The summed E-state index contributed by atoms with van der Waals surface area (Å²) >= 11 is 0. The molecule has 0 radical (unpaired) electrons. The predicted octanol–water partition coefficient (Wildman–Crippen LogP) is 3.00. The van der Waals surface area contributed by atoms with Gasteiger partial charge in [-0.2, -0.15) is 0 Å². The number of hydrogen-bond acceptors (Lipinski definition) is 4. The van der Waals surface area contributed by atoms with Crippen LogP contribution in [0.25, 0.3) is 6.08 Å². The number of nitrogens with one attached hydrogen (secondary N) is 1. The van der Waals surface area contributed by atoms with E-state index in [1.807, 2.05) is 61.5 Å². The number of amides is 1. The van der Waals surface area contributed by atoms with E-state index < -0.39 is 12.0 Å². The van der Waals surface area contributed by atoms with Gasteiger partial charge in [-0.15, -0.1) is 0 Å². The summed E-state index contributed by atoms with van der Waals surface area (Å²) in [5.74, 6) is -0.0513. The first kappa shape index (κ1) is 19.2. The molecule has 0 saturated heterocycles. The van der Waals surface area contributed by atoms with Crippen LogP contribution in [0, 0.1) is 0 Å². The van der Waals surface area contributed by atoms with Gasteiger partial charge >= 0.3 is 5.97 Å². The first-order chi connectivity index (χ1) is 12.6.